The highest BCUT2D eigenvalue weighted by atomic mass is 32.1. The van der Waals surface area contributed by atoms with Gasteiger partial charge >= 0.3 is 0 Å². The SMILES string of the molecule is NC(=O)c1ccc(NC(=O)c2cc(S)cs2)cc1. The summed E-state index contributed by atoms with van der Waals surface area (Å²) in [5, 5.41) is 4.51. The van der Waals surface area contributed by atoms with E-state index in [-0.39, 0.29) is 5.91 Å². The Morgan fingerprint density at radius 3 is 2.39 bits per heavy atom. The fourth-order valence-corrected chi connectivity index (χ4v) is 2.40. The lowest BCUT2D eigenvalue weighted by molar-refractivity contribution is 0.0998. The molecule has 0 aliphatic rings. The Labute approximate surface area is 113 Å². The molecule has 0 unspecified atom stereocenters. The van der Waals surface area contributed by atoms with Gasteiger partial charge in [-0.1, -0.05) is 0 Å². The van der Waals surface area contributed by atoms with Crippen molar-refractivity contribution >= 4 is 41.5 Å². The molecule has 2 rings (SSSR count). The van der Waals surface area contributed by atoms with Crippen molar-refractivity contribution in [2.45, 2.75) is 4.90 Å². The molecule has 6 heteroatoms. The van der Waals surface area contributed by atoms with Crippen LogP contribution in [0, 0.1) is 0 Å². The van der Waals surface area contributed by atoms with Crippen LogP contribution in [-0.2, 0) is 0 Å². The van der Waals surface area contributed by atoms with Crippen LogP contribution in [0.25, 0.3) is 0 Å². The topological polar surface area (TPSA) is 72.2 Å². The van der Waals surface area contributed by atoms with Gasteiger partial charge in [0.05, 0.1) is 4.88 Å². The van der Waals surface area contributed by atoms with Gasteiger partial charge < -0.3 is 11.1 Å². The minimum atomic E-state index is -0.495. The third-order valence-corrected chi connectivity index (χ3v) is 3.60. The first-order chi connectivity index (χ1) is 8.56. The number of nitrogens with one attached hydrogen (secondary N) is 1. The van der Waals surface area contributed by atoms with Crippen molar-refractivity contribution < 1.29 is 9.59 Å². The van der Waals surface area contributed by atoms with E-state index in [1.807, 2.05) is 0 Å². The Kier molecular flexibility index (Phi) is 3.69. The second kappa shape index (κ2) is 5.24. The maximum Gasteiger partial charge on any atom is 0.265 e. The summed E-state index contributed by atoms with van der Waals surface area (Å²) in [6.07, 6.45) is 0. The maximum absolute atomic E-state index is 11.8. The van der Waals surface area contributed by atoms with E-state index in [1.54, 1.807) is 35.7 Å². The van der Waals surface area contributed by atoms with Crippen LogP contribution in [0.4, 0.5) is 5.69 Å². The molecular weight excluding hydrogens is 268 g/mol. The van der Waals surface area contributed by atoms with Crippen LogP contribution in [-0.4, -0.2) is 11.8 Å². The van der Waals surface area contributed by atoms with Crippen LogP contribution < -0.4 is 11.1 Å². The number of nitrogens with two attached hydrogens (primary N) is 1. The molecule has 0 saturated carbocycles. The van der Waals surface area contributed by atoms with Crippen LogP contribution in [0.2, 0.25) is 0 Å². The molecule has 2 amide bonds. The van der Waals surface area contributed by atoms with E-state index in [4.69, 9.17) is 5.73 Å². The molecule has 3 N–H and O–H groups in total. The number of thiol groups is 1. The van der Waals surface area contributed by atoms with Gasteiger partial charge in [0.1, 0.15) is 0 Å². The molecular formula is C12H10N2O2S2. The lowest BCUT2D eigenvalue weighted by atomic mass is 10.2. The van der Waals surface area contributed by atoms with Crippen LogP contribution in [0.5, 0.6) is 0 Å². The van der Waals surface area contributed by atoms with Crippen LogP contribution in [0.1, 0.15) is 20.0 Å². The highest BCUT2D eigenvalue weighted by Crippen LogP contribution is 2.19. The van der Waals surface area contributed by atoms with Gasteiger partial charge in [-0.25, -0.2) is 0 Å². The summed E-state index contributed by atoms with van der Waals surface area (Å²) in [7, 11) is 0. The summed E-state index contributed by atoms with van der Waals surface area (Å²) in [6, 6.07) is 8.09. The fraction of sp³-hybridized carbons (Fsp3) is 0. The van der Waals surface area contributed by atoms with Gasteiger partial charge in [-0.05, 0) is 30.3 Å². The summed E-state index contributed by atoms with van der Waals surface area (Å²) in [6.45, 7) is 0. The zero-order chi connectivity index (χ0) is 13.1. The Morgan fingerprint density at radius 2 is 1.89 bits per heavy atom. The van der Waals surface area contributed by atoms with E-state index < -0.39 is 5.91 Å². The zero-order valence-electron chi connectivity index (χ0n) is 9.21. The molecule has 92 valence electrons. The molecule has 0 radical (unpaired) electrons. The van der Waals surface area contributed by atoms with Crippen LogP contribution in [0.3, 0.4) is 0 Å². The minimum Gasteiger partial charge on any atom is -0.366 e. The summed E-state index contributed by atoms with van der Waals surface area (Å²) in [5.74, 6) is -0.696. The normalized spacial score (nSPS) is 10.1. The second-order valence-electron chi connectivity index (χ2n) is 3.56. The number of hydrogen-bond acceptors (Lipinski definition) is 4. The summed E-state index contributed by atoms with van der Waals surface area (Å²) >= 11 is 5.46. The molecule has 0 spiro atoms. The number of rotatable bonds is 3. The second-order valence-corrected chi connectivity index (χ2v) is 4.99. The van der Waals surface area contributed by atoms with Crippen molar-refractivity contribution in [1.82, 2.24) is 0 Å². The van der Waals surface area contributed by atoms with Crippen molar-refractivity contribution in [1.29, 1.82) is 0 Å². The smallest absolute Gasteiger partial charge is 0.265 e. The number of amides is 2. The Bertz CT molecular complexity index is 590. The number of carbonyl (C=O) groups excluding carboxylic acids is 2. The number of hydrogen-bond donors (Lipinski definition) is 3. The van der Waals surface area contributed by atoms with Gasteiger partial charge in [-0.2, -0.15) is 0 Å². The molecule has 2 aromatic rings. The third-order valence-electron chi connectivity index (χ3n) is 2.24. The van der Waals surface area contributed by atoms with Gasteiger partial charge in [0, 0.05) is 21.5 Å². The largest absolute Gasteiger partial charge is 0.366 e. The standard InChI is InChI=1S/C12H10N2O2S2/c13-11(15)7-1-3-8(4-2-7)14-12(16)10-5-9(17)6-18-10/h1-6,17H,(H2,13,15)(H,14,16). The van der Waals surface area contributed by atoms with Crippen molar-refractivity contribution in [3.05, 3.63) is 46.2 Å². The Hall–Kier alpha value is -1.79. The summed E-state index contributed by atoms with van der Waals surface area (Å²) in [5.41, 5.74) is 6.14. The average molecular weight is 278 g/mol. The van der Waals surface area contributed by atoms with Gasteiger partial charge in [0.2, 0.25) is 5.91 Å². The number of primary amides is 1. The quantitative estimate of drug-likeness (QED) is 0.754. The average Bonchev–Trinajstić information content (AvgIpc) is 2.76. The van der Waals surface area contributed by atoms with Gasteiger partial charge in [-0.15, -0.1) is 24.0 Å². The highest BCUT2D eigenvalue weighted by molar-refractivity contribution is 7.80. The van der Waals surface area contributed by atoms with Crippen molar-refractivity contribution in [3.63, 3.8) is 0 Å². The molecule has 0 aliphatic heterocycles. The lowest BCUT2D eigenvalue weighted by Crippen LogP contribution is -2.12. The van der Waals surface area contributed by atoms with Crippen molar-refractivity contribution in [2.75, 3.05) is 5.32 Å². The third kappa shape index (κ3) is 2.91. The van der Waals surface area contributed by atoms with E-state index in [2.05, 4.69) is 17.9 Å². The number of carbonyl (C=O) groups is 2. The number of anilines is 1. The molecule has 0 fully saturated rings. The van der Waals surface area contributed by atoms with Gasteiger partial charge in [0.25, 0.3) is 5.91 Å². The molecule has 0 aliphatic carbocycles. The molecule has 1 aromatic carbocycles. The van der Waals surface area contributed by atoms with Crippen molar-refractivity contribution in [3.8, 4) is 0 Å². The molecule has 1 aromatic heterocycles. The predicted molar refractivity (Wildman–Crippen MR) is 74.5 cm³/mol. The molecule has 0 saturated heterocycles. The van der Waals surface area contributed by atoms with E-state index >= 15 is 0 Å². The van der Waals surface area contributed by atoms with Crippen LogP contribution in [0.15, 0.2) is 40.6 Å². The Morgan fingerprint density at radius 1 is 1.22 bits per heavy atom. The molecule has 1 heterocycles. The number of thiophene rings is 1. The number of benzene rings is 1. The first-order valence-electron chi connectivity index (χ1n) is 5.05. The zero-order valence-corrected chi connectivity index (χ0v) is 10.9. The molecule has 18 heavy (non-hydrogen) atoms. The maximum atomic E-state index is 11.8. The van der Waals surface area contributed by atoms with E-state index in [0.717, 1.165) is 4.90 Å². The van der Waals surface area contributed by atoms with Crippen LogP contribution >= 0.6 is 24.0 Å². The van der Waals surface area contributed by atoms with Gasteiger partial charge in [-0.3, -0.25) is 9.59 Å². The monoisotopic (exact) mass is 278 g/mol. The first kappa shape index (κ1) is 12.7. The van der Waals surface area contributed by atoms with E-state index in [9.17, 15) is 9.59 Å². The molecule has 4 nitrogen and oxygen atoms in total. The summed E-state index contributed by atoms with van der Waals surface area (Å²) < 4.78 is 0. The lowest BCUT2D eigenvalue weighted by Gasteiger charge is -2.03. The molecule has 0 bridgehead atoms. The summed E-state index contributed by atoms with van der Waals surface area (Å²) in [4.78, 5) is 24.0. The van der Waals surface area contributed by atoms with Gasteiger partial charge in [0.15, 0.2) is 0 Å². The van der Waals surface area contributed by atoms with E-state index in [1.165, 1.54) is 11.3 Å². The fourth-order valence-electron chi connectivity index (χ4n) is 1.36. The predicted octanol–water partition coefficient (Wildman–Crippen LogP) is 2.39. The Balaban J connectivity index is 2.10. The highest BCUT2D eigenvalue weighted by Gasteiger charge is 2.08. The van der Waals surface area contributed by atoms with E-state index in [0.29, 0.717) is 16.1 Å². The first-order valence-corrected chi connectivity index (χ1v) is 6.37. The van der Waals surface area contributed by atoms with Crippen molar-refractivity contribution in [2.24, 2.45) is 5.73 Å². The minimum absolute atomic E-state index is 0.202. The molecule has 0 atom stereocenters.